The summed E-state index contributed by atoms with van der Waals surface area (Å²) < 4.78 is 5.07. The highest BCUT2D eigenvalue weighted by molar-refractivity contribution is 7.99. The van der Waals surface area contributed by atoms with Gasteiger partial charge in [0.25, 0.3) is 0 Å². The van der Waals surface area contributed by atoms with Crippen LogP contribution in [0.3, 0.4) is 0 Å². The molecule has 0 fully saturated rings. The van der Waals surface area contributed by atoms with Gasteiger partial charge < -0.3 is 9.47 Å². The minimum absolute atomic E-state index is 0.535. The standard InChI is InChI=1S/C59H36N2S2/c1-2-16-38(17-3-1)60(39-29-32-53-47(34-39)43-19-5-9-25-52(43)61(53)41-28-31-45-44-20-6-10-26-54(44)62-57(45)36-41)40-30-33-56-51(35-40)59(49-23-8-11-27-55(49)63-56)48-22-7-4-18-42(48)46-21-12-14-37-15-13-24-50(59)58(37)46/h1-36H. The van der Waals surface area contributed by atoms with Gasteiger partial charge in [0.15, 0.2) is 0 Å². The summed E-state index contributed by atoms with van der Waals surface area (Å²) in [5.41, 5.74) is 14.3. The van der Waals surface area contributed by atoms with Crippen molar-refractivity contribution in [2.24, 2.45) is 0 Å². The van der Waals surface area contributed by atoms with Crippen LogP contribution in [0.15, 0.2) is 228 Å². The maximum atomic E-state index is 2.50. The minimum Gasteiger partial charge on any atom is -0.310 e. The Bertz CT molecular complexity index is 3850. The predicted molar refractivity (Wildman–Crippen MR) is 267 cm³/mol. The van der Waals surface area contributed by atoms with Crippen LogP contribution in [0.2, 0.25) is 0 Å². The lowest BCUT2D eigenvalue weighted by atomic mass is 9.59. The Morgan fingerprint density at radius 1 is 0.381 bits per heavy atom. The molecule has 0 amide bonds. The molecular formula is C59H36N2S2. The van der Waals surface area contributed by atoms with E-state index in [-0.39, 0.29) is 0 Å². The van der Waals surface area contributed by atoms with Gasteiger partial charge in [0.1, 0.15) is 0 Å². The van der Waals surface area contributed by atoms with E-state index in [9.17, 15) is 0 Å². The van der Waals surface area contributed by atoms with E-state index in [1.165, 1.54) is 102 Å². The van der Waals surface area contributed by atoms with E-state index < -0.39 is 5.41 Å². The third-order valence-corrected chi connectivity index (χ3v) is 15.9. The van der Waals surface area contributed by atoms with Crippen molar-refractivity contribution in [3.05, 3.63) is 241 Å². The van der Waals surface area contributed by atoms with Crippen molar-refractivity contribution in [3.63, 3.8) is 0 Å². The summed E-state index contributed by atoms with van der Waals surface area (Å²) in [7, 11) is 0. The summed E-state index contributed by atoms with van der Waals surface area (Å²) in [6.45, 7) is 0. The van der Waals surface area contributed by atoms with Crippen LogP contribution in [0.4, 0.5) is 17.1 Å². The fraction of sp³-hybridized carbons (Fsp3) is 0.0169. The highest BCUT2D eigenvalue weighted by Gasteiger charge is 2.48. The third-order valence-electron chi connectivity index (χ3n) is 13.6. The Morgan fingerprint density at radius 3 is 1.97 bits per heavy atom. The van der Waals surface area contributed by atoms with Crippen LogP contribution in [-0.4, -0.2) is 4.57 Å². The Hall–Kier alpha value is -7.37. The van der Waals surface area contributed by atoms with Crippen LogP contribution in [0.5, 0.6) is 0 Å². The van der Waals surface area contributed by atoms with Gasteiger partial charge in [0.05, 0.1) is 16.4 Å². The van der Waals surface area contributed by atoms with E-state index in [1.807, 2.05) is 23.1 Å². The number of rotatable bonds is 4. The largest absolute Gasteiger partial charge is 0.310 e. The normalized spacial score (nSPS) is 15.0. The number of anilines is 3. The van der Waals surface area contributed by atoms with Crippen LogP contribution in [0, 0.1) is 0 Å². The van der Waals surface area contributed by atoms with Gasteiger partial charge in [-0.15, -0.1) is 11.3 Å². The number of para-hydroxylation sites is 2. The number of hydrogen-bond donors (Lipinski definition) is 0. The molecule has 1 unspecified atom stereocenters. The third kappa shape index (κ3) is 4.91. The van der Waals surface area contributed by atoms with Crippen LogP contribution in [-0.2, 0) is 5.41 Å². The zero-order chi connectivity index (χ0) is 41.2. The van der Waals surface area contributed by atoms with E-state index in [4.69, 9.17) is 0 Å². The Morgan fingerprint density at radius 2 is 1.05 bits per heavy atom. The van der Waals surface area contributed by atoms with Gasteiger partial charge in [0.2, 0.25) is 0 Å². The lowest BCUT2D eigenvalue weighted by Crippen LogP contribution is -2.36. The fourth-order valence-corrected chi connectivity index (χ4v) is 13.4. The van der Waals surface area contributed by atoms with Crippen molar-refractivity contribution in [2.45, 2.75) is 15.2 Å². The molecule has 0 saturated heterocycles. The van der Waals surface area contributed by atoms with Crippen LogP contribution in [0.25, 0.3) is 69.6 Å². The number of nitrogens with zero attached hydrogens (tertiary/aromatic N) is 2. The Balaban J connectivity index is 1.01. The minimum atomic E-state index is -0.535. The molecule has 294 valence electrons. The molecule has 10 aromatic carbocycles. The molecule has 0 bridgehead atoms. The van der Waals surface area contributed by atoms with Gasteiger partial charge in [-0.2, -0.15) is 0 Å². The van der Waals surface area contributed by atoms with E-state index in [1.54, 1.807) is 0 Å². The van der Waals surface area contributed by atoms with Crippen LogP contribution >= 0.6 is 23.1 Å². The first-order chi connectivity index (χ1) is 31.2. The SMILES string of the molecule is c1ccc(N(c2ccc3c(c2)C2(c4ccccc4S3)c3ccccc3-c3cccc4cccc2c34)c2ccc3c(c2)c2ccccc2n3-c2ccc3c(c2)sc2ccccc23)cc1. The number of aromatic nitrogens is 1. The van der Waals surface area contributed by atoms with E-state index >= 15 is 0 Å². The Kier molecular flexibility index (Phi) is 7.45. The van der Waals surface area contributed by atoms with E-state index in [2.05, 4.69) is 228 Å². The van der Waals surface area contributed by atoms with Crippen molar-refractivity contribution < 1.29 is 0 Å². The summed E-state index contributed by atoms with van der Waals surface area (Å²) in [5.74, 6) is 0. The molecule has 14 rings (SSSR count). The summed E-state index contributed by atoms with van der Waals surface area (Å²) in [5, 5.41) is 7.71. The first-order valence-electron chi connectivity index (χ1n) is 21.6. The molecule has 4 heteroatoms. The average Bonchev–Trinajstić information content (AvgIpc) is 3.88. The van der Waals surface area contributed by atoms with Gasteiger partial charge >= 0.3 is 0 Å². The zero-order valence-corrected chi connectivity index (χ0v) is 35.6. The molecule has 3 heterocycles. The van der Waals surface area contributed by atoms with Crippen molar-refractivity contribution in [1.82, 2.24) is 4.57 Å². The lowest BCUT2D eigenvalue weighted by molar-refractivity contribution is 0.707. The molecule has 1 aliphatic heterocycles. The van der Waals surface area contributed by atoms with Gasteiger partial charge in [0, 0.05) is 63.5 Å². The van der Waals surface area contributed by atoms with Gasteiger partial charge in [-0.25, -0.2) is 0 Å². The zero-order valence-electron chi connectivity index (χ0n) is 34.0. The number of benzene rings is 10. The highest BCUT2D eigenvalue weighted by Crippen LogP contribution is 2.62. The van der Waals surface area contributed by atoms with E-state index in [0.717, 1.165) is 17.1 Å². The van der Waals surface area contributed by atoms with Crippen LogP contribution < -0.4 is 4.90 Å². The molecule has 1 spiro atoms. The molecule has 0 radical (unpaired) electrons. The molecule has 63 heavy (non-hydrogen) atoms. The van der Waals surface area contributed by atoms with E-state index in [0.29, 0.717) is 0 Å². The molecule has 0 saturated carbocycles. The monoisotopic (exact) mass is 836 g/mol. The predicted octanol–water partition coefficient (Wildman–Crippen LogP) is 16.6. The molecular weight excluding hydrogens is 801 g/mol. The fourth-order valence-electron chi connectivity index (χ4n) is 11.1. The summed E-state index contributed by atoms with van der Waals surface area (Å²) in [6, 6.07) is 81.7. The van der Waals surface area contributed by atoms with Crippen LogP contribution in [0.1, 0.15) is 22.3 Å². The smallest absolute Gasteiger partial charge is 0.0736 e. The van der Waals surface area contributed by atoms with Crippen molar-refractivity contribution >= 4 is 92.9 Å². The molecule has 1 aliphatic carbocycles. The van der Waals surface area contributed by atoms with Gasteiger partial charge in [-0.05, 0) is 123 Å². The summed E-state index contributed by atoms with van der Waals surface area (Å²) in [6.07, 6.45) is 0. The average molecular weight is 837 g/mol. The highest BCUT2D eigenvalue weighted by atomic mass is 32.2. The lowest BCUT2D eigenvalue weighted by Gasteiger charge is -2.46. The quantitative estimate of drug-likeness (QED) is 0.174. The van der Waals surface area contributed by atoms with Gasteiger partial charge in [-0.1, -0.05) is 151 Å². The maximum Gasteiger partial charge on any atom is 0.0736 e. The first-order valence-corrected chi connectivity index (χ1v) is 23.2. The summed E-state index contributed by atoms with van der Waals surface area (Å²) in [4.78, 5) is 5.04. The van der Waals surface area contributed by atoms with Crippen molar-refractivity contribution in [1.29, 1.82) is 0 Å². The molecule has 12 aromatic rings. The maximum absolute atomic E-state index is 2.50. The molecule has 2 nitrogen and oxygen atoms in total. The number of thiophene rings is 1. The Labute approximate surface area is 372 Å². The van der Waals surface area contributed by atoms with Crippen molar-refractivity contribution in [3.8, 4) is 16.8 Å². The molecule has 1 atom stereocenters. The number of fused-ring (bicyclic) bond motifs is 14. The summed E-state index contributed by atoms with van der Waals surface area (Å²) >= 11 is 3.76. The second-order valence-corrected chi connectivity index (χ2v) is 19.0. The topological polar surface area (TPSA) is 8.17 Å². The van der Waals surface area contributed by atoms with Crippen molar-refractivity contribution in [2.75, 3.05) is 4.90 Å². The molecule has 0 N–H and O–H groups in total. The number of hydrogen-bond acceptors (Lipinski definition) is 3. The second kappa shape index (κ2) is 13.3. The first kappa shape index (κ1) is 35.2. The molecule has 2 aromatic heterocycles. The molecule has 2 aliphatic rings. The van der Waals surface area contributed by atoms with Gasteiger partial charge in [-0.3, -0.25) is 0 Å². The second-order valence-electron chi connectivity index (χ2n) is 16.8.